The molecule has 2 heterocycles. The van der Waals surface area contributed by atoms with E-state index < -0.39 is 6.23 Å². The third-order valence-corrected chi connectivity index (χ3v) is 6.02. The molecule has 0 radical (unpaired) electrons. The zero-order valence-corrected chi connectivity index (χ0v) is 17.1. The van der Waals surface area contributed by atoms with Gasteiger partial charge >= 0.3 is 0 Å². The summed E-state index contributed by atoms with van der Waals surface area (Å²) in [6.07, 6.45) is 1.30. The van der Waals surface area contributed by atoms with Crippen LogP contribution in [-0.2, 0) is 0 Å². The molecule has 1 aliphatic rings. The minimum atomic E-state index is -0.647. The summed E-state index contributed by atoms with van der Waals surface area (Å²) in [6, 6.07) is 11.9. The Balaban J connectivity index is 2.01. The van der Waals surface area contributed by atoms with Crippen molar-refractivity contribution in [3.8, 4) is 11.1 Å². The summed E-state index contributed by atoms with van der Waals surface area (Å²) >= 11 is 12.6. The normalized spacial score (nSPS) is 16.0. The lowest BCUT2D eigenvalue weighted by Gasteiger charge is -2.32. The van der Waals surface area contributed by atoms with E-state index in [0.717, 1.165) is 51.8 Å². The summed E-state index contributed by atoms with van der Waals surface area (Å²) in [5, 5.41) is 13.3. The average Bonchev–Trinajstić information content (AvgIpc) is 2.91. The lowest BCUT2D eigenvalue weighted by molar-refractivity contribution is 0.164. The van der Waals surface area contributed by atoms with Gasteiger partial charge in [0.05, 0.1) is 11.2 Å². The summed E-state index contributed by atoms with van der Waals surface area (Å²) in [4.78, 5) is 6.97. The lowest BCUT2D eigenvalue weighted by Crippen LogP contribution is -2.35. The molecule has 1 aliphatic heterocycles. The van der Waals surface area contributed by atoms with Gasteiger partial charge in [-0.05, 0) is 38.0 Å². The number of aliphatic hydroxyl groups is 1. The second-order valence-electron chi connectivity index (χ2n) is 7.08. The van der Waals surface area contributed by atoms with Crippen molar-refractivity contribution in [2.45, 2.75) is 45.9 Å². The molecule has 27 heavy (non-hydrogen) atoms. The highest BCUT2D eigenvalue weighted by Crippen LogP contribution is 2.48. The zero-order valence-electron chi connectivity index (χ0n) is 15.6. The van der Waals surface area contributed by atoms with Crippen molar-refractivity contribution < 1.29 is 5.11 Å². The molecule has 0 saturated carbocycles. The molecule has 3 aromatic rings. The Morgan fingerprint density at radius 3 is 2.44 bits per heavy atom. The molecule has 0 amide bonds. The molecular weight excluding hydrogens is 379 g/mol. The number of aliphatic hydroxyl groups excluding tert-OH is 1. The molecule has 140 valence electrons. The highest BCUT2D eigenvalue weighted by molar-refractivity contribution is 6.36. The van der Waals surface area contributed by atoms with Crippen LogP contribution in [0.3, 0.4) is 0 Å². The summed E-state index contributed by atoms with van der Waals surface area (Å²) in [5.41, 5.74) is 5.62. The van der Waals surface area contributed by atoms with Crippen molar-refractivity contribution in [2.75, 3.05) is 4.90 Å². The van der Waals surface area contributed by atoms with Crippen molar-refractivity contribution >= 4 is 39.8 Å². The van der Waals surface area contributed by atoms with Gasteiger partial charge in [-0.2, -0.15) is 0 Å². The lowest BCUT2D eigenvalue weighted by atomic mass is 9.98. The Kier molecular flexibility index (Phi) is 4.79. The van der Waals surface area contributed by atoms with Crippen LogP contribution in [0.25, 0.3) is 22.0 Å². The Hall–Kier alpha value is -1.81. The number of benzene rings is 2. The number of aryl methyl sites for hydroxylation is 1. The molecule has 1 atom stereocenters. The molecule has 3 nitrogen and oxygen atoms in total. The molecule has 1 N–H and O–H groups in total. The first-order chi connectivity index (χ1) is 13.0. The largest absolute Gasteiger partial charge is 0.369 e. The number of anilines is 1. The maximum absolute atomic E-state index is 11.1. The van der Waals surface area contributed by atoms with Crippen LogP contribution in [0.15, 0.2) is 36.4 Å². The van der Waals surface area contributed by atoms with E-state index >= 15 is 0 Å². The van der Waals surface area contributed by atoms with E-state index in [0.29, 0.717) is 10.0 Å². The summed E-state index contributed by atoms with van der Waals surface area (Å²) in [6.45, 7) is 6.31. The van der Waals surface area contributed by atoms with Gasteiger partial charge in [0.1, 0.15) is 0 Å². The van der Waals surface area contributed by atoms with E-state index in [4.69, 9.17) is 28.2 Å². The minimum absolute atomic E-state index is 0.278. The first-order valence-corrected chi connectivity index (χ1v) is 10.1. The van der Waals surface area contributed by atoms with Gasteiger partial charge in [0.15, 0.2) is 6.23 Å². The molecule has 2 aromatic carbocycles. The van der Waals surface area contributed by atoms with Crippen LogP contribution in [0, 0.1) is 6.92 Å². The van der Waals surface area contributed by atoms with Gasteiger partial charge in [-0.3, -0.25) is 4.98 Å². The van der Waals surface area contributed by atoms with Gasteiger partial charge < -0.3 is 10.0 Å². The Morgan fingerprint density at radius 2 is 1.78 bits per heavy atom. The number of hydrogen-bond donors (Lipinski definition) is 1. The standard InChI is InChI=1S/C22H22Cl2N2O/c1-4-14(5-2)26-19-10-12(3)25-21-16(8-9-17(20(19)21)22(26)27)15-7-6-13(23)11-18(15)24/h6-11,14,22,27H,4-5H2,1-3H3. The smallest absolute Gasteiger partial charge is 0.154 e. The predicted molar refractivity (Wildman–Crippen MR) is 114 cm³/mol. The summed E-state index contributed by atoms with van der Waals surface area (Å²) < 4.78 is 0. The second-order valence-corrected chi connectivity index (χ2v) is 7.93. The molecule has 4 rings (SSSR count). The van der Waals surface area contributed by atoms with E-state index in [1.807, 2.05) is 31.2 Å². The molecule has 0 fully saturated rings. The maximum atomic E-state index is 11.1. The van der Waals surface area contributed by atoms with Gasteiger partial charge in [-0.25, -0.2) is 0 Å². The van der Waals surface area contributed by atoms with E-state index in [2.05, 4.69) is 24.8 Å². The van der Waals surface area contributed by atoms with E-state index in [9.17, 15) is 5.11 Å². The predicted octanol–water partition coefficient (Wildman–Crippen LogP) is 6.52. The summed E-state index contributed by atoms with van der Waals surface area (Å²) in [5.74, 6) is 0. The topological polar surface area (TPSA) is 36.4 Å². The van der Waals surface area contributed by atoms with Gasteiger partial charge in [0.2, 0.25) is 0 Å². The Morgan fingerprint density at radius 1 is 1.07 bits per heavy atom. The summed E-state index contributed by atoms with van der Waals surface area (Å²) in [7, 11) is 0. The SMILES string of the molecule is CCC(CC)N1c2cc(C)nc3c(-c4ccc(Cl)cc4Cl)ccc(c23)C1O. The van der Waals surface area contributed by atoms with Crippen molar-refractivity contribution in [3.63, 3.8) is 0 Å². The molecule has 1 aromatic heterocycles. The Labute approximate surface area is 169 Å². The average molecular weight is 401 g/mol. The fraction of sp³-hybridized carbons (Fsp3) is 0.318. The quantitative estimate of drug-likeness (QED) is 0.541. The first kappa shape index (κ1) is 18.5. The van der Waals surface area contributed by atoms with Gasteiger partial charge in [0.25, 0.3) is 0 Å². The first-order valence-electron chi connectivity index (χ1n) is 9.32. The fourth-order valence-electron chi connectivity index (χ4n) is 4.17. The number of rotatable bonds is 4. The highest BCUT2D eigenvalue weighted by Gasteiger charge is 2.35. The van der Waals surface area contributed by atoms with Crippen LogP contribution in [0.4, 0.5) is 5.69 Å². The zero-order chi connectivity index (χ0) is 19.3. The van der Waals surface area contributed by atoms with Crippen molar-refractivity contribution in [3.05, 3.63) is 57.7 Å². The third-order valence-electron chi connectivity index (χ3n) is 5.48. The number of hydrogen-bond acceptors (Lipinski definition) is 3. The minimum Gasteiger partial charge on any atom is -0.369 e. The van der Waals surface area contributed by atoms with Crippen LogP contribution in [-0.4, -0.2) is 16.1 Å². The molecule has 5 heteroatoms. The molecule has 0 aliphatic carbocycles. The second kappa shape index (κ2) is 6.97. The van der Waals surface area contributed by atoms with Crippen LogP contribution in [0.1, 0.15) is 44.2 Å². The van der Waals surface area contributed by atoms with Gasteiger partial charge in [-0.15, -0.1) is 0 Å². The van der Waals surface area contributed by atoms with Gasteiger partial charge in [0, 0.05) is 43.9 Å². The monoisotopic (exact) mass is 400 g/mol. The number of halogens is 2. The molecule has 0 bridgehead atoms. The van der Waals surface area contributed by atoms with Crippen LogP contribution in [0.2, 0.25) is 10.0 Å². The highest BCUT2D eigenvalue weighted by atomic mass is 35.5. The van der Waals surface area contributed by atoms with Crippen molar-refractivity contribution in [1.82, 2.24) is 4.98 Å². The maximum Gasteiger partial charge on any atom is 0.154 e. The third kappa shape index (κ3) is 2.89. The number of nitrogens with zero attached hydrogens (tertiary/aromatic N) is 2. The molecule has 0 spiro atoms. The molecular formula is C22H22Cl2N2O. The van der Waals surface area contributed by atoms with Crippen LogP contribution in [0.5, 0.6) is 0 Å². The van der Waals surface area contributed by atoms with Crippen molar-refractivity contribution in [2.24, 2.45) is 0 Å². The molecule has 1 unspecified atom stereocenters. The Bertz CT molecular complexity index is 1030. The van der Waals surface area contributed by atoms with E-state index in [1.165, 1.54) is 0 Å². The van der Waals surface area contributed by atoms with E-state index in [1.54, 1.807) is 6.07 Å². The number of pyridine rings is 1. The number of aromatic nitrogens is 1. The fourth-order valence-corrected chi connectivity index (χ4v) is 4.69. The van der Waals surface area contributed by atoms with E-state index in [-0.39, 0.29) is 6.04 Å². The van der Waals surface area contributed by atoms with Crippen molar-refractivity contribution in [1.29, 1.82) is 0 Å². The van der Waals surface area contributed by atoms with Crippen LogP contribution >= 0.6 is 23.2 Å². The van der Waals surface area contributed by atoms with Gasteiger partial charge in [-0.1, -0.05) is 55.2 Å². The van der Waals surface area contributed by atoms with Crippen LogP contribution < -0.4 is 4.90 Å². The molecule has 0 saturated heterocycles.